The molecule has 2 N–H and O–H groups in total. The van der Waals surface area contributed by atoms with Gasteiger partial charge in [-0.25, -0.2) is 4.98 Å². The number of hydrogen-bond donors (Lipinski definition) is 1. The van der Waals surface area contributed by atoms with Crippen LogP contribution in [0.15, 0.2) is 18.3 Å². The summed E-state index contributed by atoms with van der Waals surface area (Å²) in [6.07, 6.45) is 5.98. The van der Waals surface area contributed by atoms with E-state index >= 15 is 0 Å². The van der Waals surface area contributed by atoms with Crippen LogP contribution in [0, 0.1) is 5.92 Å². The number of fused-ring (bicyclic) bond motifs is 2. The van der Waals surface area contributed by atoms with E-state index in [2.05, 4.69) is 16.0 Å². The van der Waals surface area contributed by atoms with E-state index in [0.29, 0.717) is 5.82 Å². The minimum Gasteiger partial charge on any atom is -0.383 e. The van der Waals surface area contributed by atoms with Gasteiger partial charge in [0.25, 0.3) is 0 Å². The van der Waals surface area contributed by atoms with E-state index in [4.69, 9.17) is 5.73 Å². The predicted octanol–water partition coefficient (Wildman–Crippen LogP) is 1.65. The lowest BCUT2D eigenvalue weighted by molar-refractivity contribution is 0.205. The van der Waals surface area contributed by atoms with Crippen molar-refractivity contribution in [2.45, 2.75) is 31.8 Å². The maximum atomic E-state index is 5.86. The third kappa shape index (κ3) is 1.61. The molecule has 0 spiro atoms. The summed E-state index contributed by atoms with van der Waals surface area (Å²) in [5, 5.41) is 0. The number of likely N-dealkylation sites (tertiary alicyclic amines) is 1. The number of pyridine rings is 1. The molecule has 2 heterocycles. The number of nitrogens with zero attached hydrogens (tertiary/aromatic N) is 2. The first-order chi connectivity index (χ1) is 7.33. The lowest BCUT2D eigenvalue weighted by Crippen LogP contribution is -2.31. The maximum absolute atomic E-state index is 5.86. The van der Waals surface area contributed by atoms with Crippen molar-refractivity contribution in [2.75, 3.05) is 12.3 Å². The van der Waals surface area contributed by atoms with Crippen LogP contribution in [0.25, 0.3) is 0 Å². The van der Waals surface area contributed by atoms with E-state index < -0.39 is 0 Å². The second kappa shape index (κ2) is 3.49. The molecule has 3 nitrogen and oxygen atoms in total. The van der Waals surface area contributed by atoms with E-state index in [1.165, 1.54) is 31.4 Å². The van der Waals surface area contributed by atoms with Crippen molar-refractivity contribution < 1.29 is 0 Å². The van der Waals surface area contributed by atoms with Crippen molar-refractivity contribution in [3.05, 3.63) is 23.9 Å². The van der Waals surface area contributed by atoms with Gasteiger partial charge in [0.15, 0.2) is 0 Å². The summed E-state index contributed by atoms with van der Waals surface area (Å²) in [6.45, 7) is 2.25. The molecule has 2 bridgehead atoms. The molecule has 1 aliphatic carbocycles. The Morgan fingerprint density at radius 1 is 1.47 bits per heavy atom. The Morgan fingerprint density at radius 3 is 3.07 bits per heavy atom. The number of nitrogen functional groups attached to an aromatic ring is 1. The summed E-state index contributed by atoms with van der Waals surface area (Å²) in [6, 6.07) is 4.88. The molecule has 3 heteroatoms. The van der Waals surface area contributed by atoms with Crippen molar-refractivity contribution in [1.29, 1.82) is 0 Å². The van der Waals surface area contributed by atoms with Crippen LogP contribution < -0.4 is 5.73 Å². The number of rotatable bonds is 2. The van der Waals surface area contributed by atoms with Crippen LogP contribution >= 0.6 is 0 Å². The molecule has 0 amide bonds. The molecule has 1 saturated heterocycles. The Bertz CT molecular complexity index is 364. The molecule has 0 radical (unpaired) electrons. The van der Waals surface area contributed by atoms with Gasteiger partial charge in [0.1, 0.15) is 5.82 Å². The third-order valence-corrected chi connectivity index (χ3v) is 3.82. The number of piperidine rings is 1. The van der Waals surface area contributed by atoms with Crippen LogP contribution in [0.4, 0.5) is 5.82 Å². The average molecular weight is 203 g/mol. The van der Waals surface area contributed by atoms with Crippen molar-refractivity contribution in [2.24, 2.45) is 5.92 Å². The van der Waals surface area contributed by atoms with Gasteiger partial charge >= 0.3 is 0 Å². The van der Waals surface area contributed by atoms with Gasteiger partial charge in [-0.3, -0.25) is 4.90 Å². The summed E-state index contributed by atoms with van der Waals surface area (Å²) in [7, 11) is 0. The standard InChI is InChI=1S/C12H17N3/c13-12-10(2-1-5-14-12)8-15-7-9-3-4-11(15)6-9/h1-2,5,9,11H,3-4,6-8H2,(H2,13,14). The smallest absolute Gasteiger partial charge is 0.127 e. The van der Waals surface area contributed by atoms with Gasteiger partial charge in [-0.05, 0) is 31.2 Å². The molecule has 1 aromatic heterocycles. The highest BCUT2D eigenvalue weighted by atomic mass is 15.2. The maximum Gasteiger partial charge on any atom is 0.127 e. The number of anilines is 1. The fourth-order valence-electron chi connectivity index (χ4n) is 3.02. The largest absolute Gasteiger partial charge is 0.383 e. The highest BCUT2D eigenvalue weighted by Gasteiger charge is 2.37. The van der Waals surface area contributed by atoms with Crippen molar-refractivity contribution in [3.8, 4) is 0 Å². The molecule has 0 aromatic carbocycles. The molecule has 3 rings (SSSR count). The minimum absolute atomic E-state index is 0.695. The van der Waals surface area contributed by atoms with E-state index in [-0.39, 0.29) is 0 Å². The number of aromatic nitrogens is 1. The zero-order chi connectivity index (χ0) is 10.3. The average Bonchev–Trinajstić information content (AvgIpc) is 2.83. The fraction of sp³-hybridized carbons (Fsp3) is 0.583. The van der Waals surface area contributed by atoms with Gasteiger partial charge in [-0.15, -0.1) is 0 Å². The van der Waals surface area contributed by atoms with Crippen LogP contribution in [0.5, 0.6) is 0 Å². The Kier molecular flexibility index (Phi) is 2.13. The predicted molar refractivity (Wildman–Crippen MR) is 60.2 cm³/mol. The summed E-state index contributed by atoms with van der Waals surface area (Å²) in [5.41, 5.74) is 7.04. The molecule has 80 valence electrons. The first kappa shape index (κ1) is 9.16. The van der Waals surface area contributed by atoms with Crippen molar-refractivity contribution >= 4 is 5.82 Å². The Labute approximate surface area is 90.3 Å². The van der Waals surface area contributed by atoms with Gasteiger partial charge < -0.3 is 5.73 Å². The van der Waals surface area contributed by atoms with Crippen molar-refractivity contribution in [3.63, 3.8) is 0 Å². The quantitative estimate of drug-likeness (QED) is 0.794. The first-order valence-corrected chi connectivity index (χ1v) is 5.76. The van der Waals surface area contributed by atoms with Gasteiger partial charge in [0, 0.05) is 30.9 Å². The molecular weight excluding hydrogens is 186 g/mol. The molecule has 2 atom stereocenters. The number of hydrogen-bond acceptors (Lipinski definition) is 3. The van der Waals surface area contributed by atoms with Gasteiger partial charge in [-0.2, -0.15) is 0 Å². The topological polar surface area (TPSA) is 42.1 Å². The van der Waals surface area contributed by atoms with E-state index in [1.54, 1.807) is 6.20 Å². The normalized spacial score (nSPS) is 29.9. The molecule has 2 fully saturated rings. The van der Waals surface area contributed by atoms with Crippen molar-refractivity contribution in [1.82, 2.24) is 9.88 Å². The third-order valence-electron chi connectivity index (χ3n) is 3.82. The number of nitrogens with two attached hydrogens (primary N) is 1. The molecule has 1 aliphatic heterocycles. The molecule has 1 aromatic rings. The highest BCUT2D eigenvalue weighted by Crippen LogP contribution is 2.38. The fourth-order valence-corrected chi connectivity index (χ4v) is 3.02. The lowest BCUT2D eigenvalue weighted by atomic mass is 10.1. The zero-order valence-corrected chi connectivity index (χ0v) is 8.89. The first-order valence-electron chi connectivity index (χ1n) is 5.76. The lowest BCUT2D eigenvalue weighted by Gasteiger charge is -2.26. The van der Waals surface area contributed by atoms with Crippen LogP contribution in [-0.2, 0) is 6.54 Å². The summed E-state index contributed by atoms with van der Waals surface area (Å²) < 4.78 is 0. The van der Waals surface area contributed by atoms with Crippen LogP contribution in [0.3, 0.4) is 0 Å². The minimum atomic E-state index is 0.695. The second-order valence-electron chi connectivity index (χ2n) is 4.81. The van der Waals surface area contributed by atoms with Gasteiger partial charge in [-0.1, -0.05) is 6.07 Å². The Hall–Kier alpha value is -1.09. The molecule has 2 unspecified atom stereocenters. The Morgan fingerprint density at radius 2 is 2.40 bits per heavy atom. The van der Waals surface area contributed by atoms with Gasteiger partial charge in [0.05, 0.1) is 0 Å². The van der Waals surface area contributed by atoms with E-state index in [1.807, 2.05) is 6.07 Å². The summed E-state index contributed by atoms with van der Waals surface area (Å²) in [4.78, 5) is 6.71. The van der Waals surface area contributed by atoms with Crippen LogP contribution in [0.2, 0.25) is 0 Å². The van der Waals surface area contributed by atoms with E-state index in [9.17, 15) is 0 Å². The van der Waals surface area contributed by atoms with Crippen LogP contribution in [-0.4, -0.2) is 22.5 Å². The Balaban J connectivity index is 1.73. The molecule has 1 saturated carbocycles. The van der Waals surface area contributed by atoms with Crippen LogP contribution in [0.1, 0.15) is 24.8 Å². The monoisotopic (exact) mass is 203 g/mol. The highest BCUT2D eigenvalue weighted by molar-refractivity contribution is 5.38. The molecule has 15 heavy (non-hydrogen) atoms. The SMILES string of the molecule is Nc1ncccc1CN1CC2CCC1C2. The van der Waals surface area contributed by atoms with E-state index in [0.717, 1.165) is 18.5 Å². The van der Waals surface area contributed by atoms with Gasteiger partial charge in [0.2, 0.25) is 0 Å². The summed E-state index contributed by atoms with van der Waals surface area (Å²) in [5.74, 6) is 1.65. The zero-order valence-electron chi connectivity index (χ0n) is 8.89. The molecule has 2 aliphatic rings. The second-order valence-corrected chi connectivity index (χ2v) is 4.81. The summed E-state index contributed by atoms with van der Waals surface area (Å²) >= 11 is 0. The molecular formula is C12H17N3.